The fraction of sp³-hybridized carbons (Fsp3) is 0.900. The van der Waals surface area contributed by atoms with Crippen molar-refractivity contribution >= 4 is 5.97 Å². The lowest BCUT2D eigenvalue weighted by Crippen LogP contribution is -2.53. The van der Waals surface area contributed by atoms with Crippen LogP contribution in [0.2, 0.25) is 0 Å². The van der Waals surface area contributed by atoms with E-state index in [4.69, 9.17) is 5.11 Å². The molecule has 2 atom stereocenters. The van der Waals surface area contributed by atoms with Gasteiger partial charge < -0.3 is 5.11 Å². The van der Waals surface area contributed by atoms with Crippen molar-refractivity contribution < 1.29 is 9.90 Å². The van der Waals surface area contributed by atoms with Crippen LogP contribution in [0.3, 0.4) is 0 Å². The molecule has 0 aromatic carbocycles. The van der Waals surface area contributed by atoms with Crippen LogP contribution in [-0.2, 0) is 4.79 Å². The predicted octanol–water partition coefficient (Wildman–Crippen LogP) is 1.87. The van der Waals surface area contributed by atoms with Crippen LogP contribution in [0.5, 0.6) is 0 Å². The average molecular weight is 187 g/mol. The zero-order valence-electron chi connectivity index (χ0n) is 9.22. The summed E-state index contributed by atoms with van der Waals surface area (Å²) in [6.45, 7) is 9.79. The number of hydrogen-bond donors (Lipinski definition) is 2. The summed E-state index contributed by atoms with van der Waals surface area (Å²) >= 11 is 0. The number of nitrogens with one attached hydrogen (secondary N) is 1. The summed E-state index contributed by atoms with van der Waals surface area (Å²) in [5, 5.41) is 12.1. The molecule has 0 fully saturated rings. The van der Waals surface area contributed by atoms with Crippen LogP contribution in [0.25, 0.3) is 0 Å². The number of aliphatic carboxylic acids is 1. The van der Waals surface area contributed by atoms with Crippen molar-refractivity contribution in [3.05, 3.63) is 0 Å². The highest BCUT2D eigenvalue weighted by Crippen LogP contribution is 2.13. The molecule has 2 N–H and O–H groups in total. The standard InChI is InChI=1S/C10H21NO2/c1-6-10(5,9(12)13)11-8(4)7(2)3/h7-8,11H,6H2,1-5H3,(H,12,13). The Morgan fingerprint density at radius 1 is 1.46 bits per heavy atom. The molecule has 0 spiro atoms. The molecule has 3 heteroatoms. The zero-order valence-corrected chi connectivity index (χ0v) is 9.22. The van der Waals surface area contributed by atoms with Gasteiger partial charge in [-0.1, -0.05) is 20.8 Å². The van der Waals surface area contributed by atoms with Gasteiger partial charge in [0.05, 0.1) is 0 Å². The fourth-order valence-corrected chi connectivity index (χ4v) is 0.984. The third-order valence-corrected chi connectivity index (χ3v) is 2.73. The summed E-state index contributed by atoms with van der Waals surface area (Å²) in [7, 11) is 0. The van der Waals surface area contributed by atoms with E-state index in [1.165, 1.54) is 0 Å². The molecule has 0 rings (SSSR count). The van der Waals surface area contributed by atoms with Gasteiger partial charge in [0.15, 0.2) is 0 Å². The van der Waals surface area contributed by atoms with E-state index >= 15 is 0 Å². The minimum absolute atomic E-state index is 0.223. The highest BCUT2D eigenvalue weighted by atomic mass is 16.4. The Balaban J connectivity index is 4.36. The van der Waals surface area contributed by atoms with Gasteiger partial charge in [-0.25, -0.2) is 0 Å². The van der Waals surface area contributed by atoms with E-state index in [1.807, 2.05) is 13.8 Å². The van der Waals surface area contributed by atoms with E-state index < -0.39 is 11.5 Å². The van der Waals surface area contributed by atoms with E-state index in [2.05, 4.69) is 19.2 Å². The van der Waals surface area contributed by atoms with Gasteiger partial charge in [0.1, 0.15) is 5.54 Å². The van der Waals surface area contributed by atoms with Crippen molar-refractivity contribution in [2.45, 2.75) is 52.6 Å². The quantitative estimate of drug-likeness (QED) is 0.691. The largest absolute Gasteiger partial charge is 0.480 e. The minimum atomic E-state index is -0.788. The molecular formula is C10H21NO2. The number of carbonyl (C=O) groups is 1. The van der Waals surface area contributed by atoms with E-state index in [0.717, 1.165) is 0 Å². The van der Waals surface area contributed by atoms with Gasteiger partial charge in [0.2, 0.25) is 0 Å². The molecule has 0 saturated heterocycles. The maximum Gasteiger partial charge on any atom is 0.323 e. The third kappa shape index (κ3) is 3.35. The molecule has 0 radical (unpaired) electrons. The summed E-state index contributed by atoms with van der Waals surface area (Å²) in [5.74, 6) is -0.326. The summed E-state index contributed by atoms with van der Waals surface area (Å²) in [6, 6.07) is 0.223. The van der Waals surface area contributed by atoms with Gasteiger partial charge in [-0.15, -0.1) is 0 Å². The molecule has 3 nitrogen and oxygen atoms in total. The number of hydrogen-bond acceptors (Lipinski definition) is 2. The predicted molar refractivity (Wildman–Crippen MR) is 53.8 cm³/mol. The van der Waals surface area contributed by atoms with E-state index in [0.29, 0.717) is 12.3 Å². The van der Waals surface area contributed by atoms with Crippen LogP contribution < -0.4 is 5.32 Å². The molecule has 0 aliphatic rings. The maximum absolute atomic E-state index is 10.9. The molecule has 0 aliphatic heterocycles. The lowest BCUT2D eigenvalue weighted by molar-refractivity contribution is -0.144. The summed E-state index contributed by atoms with van der Waals surface area (Å²) < 4.78 is 0. The van der Waals surface area contributed by atoms with Crippen LogP contribution in [0.1, 0.15) is 41.0 Å². The van der Waals surface area contributed by atoms with Crippen molar-refractivity contribution in [1.82, 2.24) is 5.32 Å². The Kier molecular flexibility index (Phi) is 4.40. The van der Waals surface area contributed by atoms with Gasteiger partial charge in [-0.05, 0) is 26.2 Å². The smallest absolute Gasteiger partial charge is 0.323 e. The Bertz CT molecular complexity index is 180. The first-order valence-electron chi connectivity index (χ1n) is 4.84. The lowest BCUT2D eigenvalue weighted by Gasteiger charge is -2.30. The van der Waals surface area contributed by atoms with Gasteiger partial charge in [0, 0.05) is 6.04 Å². The SMILES string of the molecule is CCC(C)(NC(C)C(C)C)C(=O)O. The van der Waals surface area contributed by atoms with Crippen LogP contribution in [0.4, 0.5) is 0 Å². The first-order chi connectivity index (χ1) is 5.83. The van der Waals surface area contributed by atoms with Crippen molar-refractivity contribution in [3.8, 4) is 0 Å². The molecular weight excluding hydrogens is 166 g/mol. The van der Waals surface area contributed by atoms with Crippen molar-refractivity contribution in [3.63, 3.8) is 0 Å². The van der Waals surface area contributed by atoms with E-state index in [-0.39, 0.29) is 6.04 Å². The number of carboxylic acid groups (broad SMARTS) is 1. The first kappa shape index (κ1) is 12.4. The van der Waals surface area contributed by atoms with Gasteiger partial charge in [0.25, 0.3) is 0 Å². The minimum Gasteiger partial charge on any atom is -0.480 e. The van der Waals surface area contributed by atoms with Crippen molar-refractivity contribution in [2.24, 2.45) is 5.92 Å². The first-order valence-corrected chi connectivity index (χ1v) is 4.84. The zero-order chi connectivity index (χ0) is 10.6. The second-order valence-corrected chi connectivity index (χ2v) is 4.17. The molecule has 0 amide bonds. The van der Waals surface area contributed by atoms with Gasteiger partial charge in [-0.3, -0.25) is 10.1 Å². The van der Waals surface area contributed by atoms with Crippen LogP contribution in [0.15, 0.2) is 0 Å². The number of carboxylic acids is 1. The molecule has 0 saturated carbocycles. The topological polar surface area (TPSA) is 49.3 Å². The Hall–Kier alpha value is -0.570. The van der Waals surface area contributed by atoms with E-state index in [1.54, 1.807) is 6.92 Å². The second kappa shape index (κ2) is 4.61. The average Bonchev–Trinajstić information content (AvgIpc) is 2.03. The summed E-state index contributed by atoms with van der Waals surface area (Å²) in [5.41, 5.74) is -0.788. The summed E-state index contributed by atoms with van der Waals surface area (Å²) in [6.07, 6.45) is 0.597. The molecule has 0 heterocycles. The summed E-state index contributed by atoms with van der Waals surface area (Å²) in [4.78, 5) is 10.9. The number of rotatable bonds is 5. The van der Waals surface area contributed by atoms with Crippen molar-refractivity contribution in [2.75, 3.05) is 0 Å². The van der Waals surface area contributed by atoms with Crippen LogP contribution >= 0.6 is 0 Å². The highest BCUT2D eigenvalue weighted by Gasteiger charge is 2.32. The Labute approximate surface area is 80.5 Å². The lowest BCUT2D eigenvalue weighted by atomic mass is 9.95. The molecule has 0 bridgehead atoms. The fourth-order valence-electron chi connectivity index (χ4n) is 0.984. The molecule has 0 aliphatic carbocycles. The van der Waals surface area contributed by atoms with Gasteiger partial charge in [-0.2, -0.15) is 0 Å². The third-order valence-electron chi connectivity index (χ3n) is 2.73. The van der Waals surface area contributed by atoms with Crippen LogP contribution in [-0.4, -0.2) is 22.7 Å². The molecule has 13 heavy (non-hydrogen) atoms. The molecule has 2 unspecified atom stereocenters. The maximum atomic E-state index is 10.9. The monoisotopic (exact) mass is 187 g/mol. The molecule has 0 aromatic rings. The van der Waals surface area contributed by atoms with Gasteiger partial charge >= 0.3 is 5.97 Å². The molecule has 78 valence electrons. The van der Waals surface area contributed by atoms with E-state index in [9.17, 15) is 4.79 Å². The Morgan fingerprint density at radius 3 is 2.15 bits per heavy atom. The van der Waals surface area contributed by atoms with Crippen LogP contribution in [0, 0.1) is 5.92 Å². The highest BCUT2D eigenvalue weighted by molar-refractivity contribution is 5.78. The molecule has 0 aromatic heterocycles. The second-order valence-electron chi connectivity index (χ2n) is 4.17. The Morgan fingerprint density at radius 2 is 1.92 bits per heavy atom. The van der Waals surface area contributed by atoms with Crippen molar-refractivity contribution in [1.29, 1.82) is 0 Å². The normalized spacial score (nSPS) is 18.3.